The molecule has 3 nitrogen and oxygen atoms in total. The van der Waals surface area contributed by atoms with E-state index in [0.717, 1.165) is 30.9 Å². The van der Waals surface area contributed by atoms with Crippen molar-refractivity contribution in [3.8, 4) is 0 Å². The second-order valence-corrected chi connectivity index (χ2v) is 5.64. The molecule has 2 aliphatic rings. The lowest BCUT2D eigenvalue weighted by atomic mass is 9.95. The molecule has 1 saturated heterocycles. The van der Waals surface area contributed by atoms with Gasteiger partial charge >= 0.3 is 0 Å². The van der Waals surface area contributed by atoms with E-state index in [0.29, 0.717) is 6.61 Å². The maximum Gasteiger partial charge on any atom is 0.115 e. The molecule has 1 aliphatic carbocycles. The number of nitrogens with two attached hydrogens (primary N) is 1. The summed E-state index contributed by atoms with van der Waals surface area (Å²) in [5, 5.41) is 1.10. The predicted octanol–water partition coefficient (Wildman–Crippen LogP) is 1.60. The lowest BCUT2D eigenvalue weighted by molar-refractivity contribution is 0.0365. The van der Waals surface area contributed by atoms with E-state index >= 15 is 0 Å². The summed E-state index contributed by atoms with van der Waals surface area (Å²) in [5.41, 5.74) is 7.36. The number of thiazole rings is 1. The van der Waals surface area contributed by atoms with Crippen molar-refractivity contribution in [2.45, 2.75) is 37.6 Å². The van der Waals surface area contributed by atoms with Gasteiger partial charge in [0.05, 0.1) is 17.8 Å². The minimum atomic E-state index is -0.298. The van der Waals surface area contributed by atoms with Gasteiger partial charge in [-0.15, -0.1) is 11.3 Å². The molecule has 1 unspecified atom stereocenters. The minimum absolute atomic E-state index is 0.298. The first-order chi connectivity index (χ1) is 7.28. The largest absolute Gasteiger partial charge is 0.379 e. The first-order valence-electron chi connectivity index (χ1n) is 5.64. The highest BCUT2D eigenvalue weighted by atomic mass is 32.1. The SMILES string of the molecule is NC1(c2nc3c(s2)CCC3)CCCOC1. The number of nitrogens with zero attached hydrogens (tertiary/aromatic N) is 1. The van der Waals surface area contributed by atoms with Crippen molar-refractivity contribution in [3.05, 3.63) is 15.6 Å². The fourth-order valence-electron chi connectivity index (χ4n) is 2.39. The summed E-state index contributed by atoms with van der Waals surface area (Å²) < 4.78 is 5.48. The molecule has 4 heteroatoms. The van der Waals surface area contributed by atoms with Gasteiger partial charge in [-0.25, -0.2) is 4.98 Å². The molecule has 0 amide bonds. The number of aromatic nitrogens is 1. The zero-order valence-electron chi connectivity index (χ0n) is 8.79. The topological polar surface area (TPSA) is 48.1 Å². The highest BCUT2D eigenvalue weighted by Gasteiger charge is 2.34. The Kier molecular flexibility index (Phi) is 2.30. The smallest absolute Gasteiger partial charge is 0.115 e. The fourth-order valence-corrected chi connectivity index (χ4v) is 3.65. The summed E-state index contributed by atoms with van der Waals surface area (Å²) in [4.78, 5) is 6.16. The number of aryl methyl sites for hydroxylation is 2. The standard InChI is InChI=1S/C11H16N2OS/c12-11(5-2-6-14-7-11)10-13-8-3-1-4-9(8)15-10/h1-7,12H2. The van der Waals surface area contributed by atoms with Crippen LogP contribution < -0.4 is 5.73 Å². The van der Waals surface area contributed by atoms with Crippen molar-refractivity contribution in [2.24, 2.45) is 5.73 Å². The van der Waals surface area contributed by atoms with E-state index in [1.54, 1.807) is 0 Å². The molecule has 15 heavy (non-hydrogen) atoms. The lowest BCUT2D eigenvalue weighted by Crippen LogP contribution is -2.44. The van der Waals surface area contributed by atoms with Gasteiger partial charge in [0, 0.05) is 11.5 Å². The molecule has 2 heterocycles. The fraction of sp³-hybridized carbons (Fsp3) is 0.727. The maximum atomic E-state index is 6.36. The number of fused-ring (bicyclic) bond motifs is 1. The third-order valence-electron chi connectivity index (χ3n) is 3.29. The summed E-state index contributed by atoms with van der Waals surface area (Å²) in [7, 11) is 0. The molecule has 3 rings (SSSR count). The van der Waals surface area contributed by atoms with Crippen LogP contribution in [-0.2, 0) is 23.1 Å². The van der Waals surface area contributed by atoms with Gasteiger partial charge in [0.15, 0.2) is 0 Å². The van der Waals surface area contributed by atoms with Gasteiger partial charge in [-0.1, -0.05) is 0 Å². The van der Waals surface area contributed by atoms with Gasteiger partial charge in [-0.05, 0) is 32.1 Å². The van der Waals surface area contributed by atoms with Crippen LogP contribution in [0.25, 0.3) is 0 Å². The Hall–Kier alpha value is -0.450. The average Bonchev–Trinajstić information content (AvgIpc) is 2.77. The first kappa shape index (κ1) is 9.75. The predicted molar refractivity (Wildman–Crippen MR) is 60.1 cm³/mol. The number of ether oxygens (including phenoxy) is 1. The Morgan fingerprint density at radius 1 is 1.33 bits per heavy atom. The summed E-state index contributed by atoms with van der Waals surface area (Å²) >= 11 is 1.81. The van der Waals surface area contributed by atoms with Crippen LogP contribution in [0.15, 0.2) is 0 Å². The van der Waals surface area contributed by atoms with Crippen LogP contribution in [0.2, 0.25) is 0 Å². The maximum absolute atomic E-state index is 6.36. The van der Waals surface area contributed by atoms with Crippen molar-refractivity contribution in [1.29, 1.82) is 0 Å². The highest BCUT2D eigenvalue weighted by Crippen LogP contribution is 2.35. The Balaban J connectivity index is 1.91. The van der Waals surface area contributed by atoms with E-state index in [4.69, 9.17) is 15.5 Å². The molecule has 0 radical (unpaired) electrons. The zero-order valence-corrected chi connectivity index (χ0v) is 9.61. The minimum Gasteiger partial charge on any atom is -0.379 e. The Bertz CT molecular complexity index is 347. The third-order valence-corrected chi connectivity index (χ3v) is 4.67. The van der Waals surface area contributed by atoms with E-state index in [-0.39, 0.29) is 5.54 Å². The summed E-state index contributed by atoms with van der Waals surface area (Å²) in [5.74, 6) is 0. The zero-order chi connectivity index (χ0) is 10.3. The normalized spacial score (nSPS) is 30.5. The van der Waals surface area contributed by atoms with Gasteiger partial charge in [-0.2, -0.15) is 0 Å². The van der Waals surface area contributed by atoms with Crippen LogP contribution in [0.1, 0.15) is 34.8 Å². The van der Waals surface area contributed by atoms with E-state index in [1.807, 2.05) is 11.3 Å². The molecule has 1 aliphatic heterocycles. The van der Waals surface area contributed by atoms with E-state index < -0.39 is 0 Å². The lowest BCUT2D eigenvalue weighted by Gasteiger charge is -2.31. The number of hydrogen-bond acceptors (Lipinski definition) is 4. The van der Waals surface area contributed by atoms with Crippen LogP contribution in [0.4, 0.5) is 0 Å². The van der Waals surface area contributed by atoms with Gasteiger partial charge in [-0.3, -0.25) is 0 Å². The van der Waals surface area contributed by atoms with E-state index in [2.05, 4.69) is 0 Å². The first-order valence-corrected chi connectivity index (χ1v) is 6.45. The molecule has 0 bridgehead atoms. The molecular formula is C11H16N2OS. The van der Waals surface area contributed by atoms with Crippen molar-refractivity contribution < 1.29 is 4.74 Å². The monoisotopic (exact) mass is 224 g/mol. The van der Waals surface area contributed by atoms with Gasteiger partial charge in [0.1, 0.15) is 5.01 Å². The molecule has 0 spiro atoms. The Morgan fingerprint density at radius 3 is 3.00 bits per heavy atom. The van der Waals surface area contributed by atoms with Crippen molar-refractivity contribution >= 4 is 11.3 Å². The quantitative estimate of drug-likeness (QED) is 0.788. The molecule has 82 valence electrons. The molecule has 1 atom stereocenters. The molecule has 0 aromatic carbocycles. The van der Waals surface area contributed by atoms with Gasteiger partial charge in [0.25, 0.3) is 0 Å². The second kappa shape index (κ2) is 3.54. The van der Waals surface area contributed by atoms with Crippen LogP contribution in [0, 0.1) is 0 Å². The summed E-state index contributed by atoms with van der Waals surface area (Å²) in [6.45, 7) is 1.49. The van der Waals surface area contributed by atoms with Crippen LogP contribution in [-0.4, -0.2) is 18.2 Å². The van der Waals surface area contributed by atoms with Crippen LogP contribution in [0.5, 0.6) is 0 Å². The Morgan fingerprint density at radius 2 is 2.27 bits per heavy atom. The van der Waals surface area contributed by atoms with Crippen molar-refractivity contribution in [2.75, 3.05) is 13.2 Å². The molecule has 1 aromatic heterocycles. The van der Waals surface area contributed by atoms with Gasteiger partial charge < -0.3 is 10.5 Å². The van der Waals surface area contributed by atoms with Crippen LogP contribution >= 0.6 is 11.3 Å². The number of hydrogen-bond donors (Lipinski definition) is 1. The Labute approximate surface area is 93.7 Å². The molecule has 0 saturated carbocycles. The van der Waals surface area contributed by atoms with E-state index in [1.165, 1.54) is 23.4 Å². The van der Waals surface area contributed by atoms with Crippen molar-refractivity contribution in [3.63, 3.8) is 0 Å². The molecule has 1 aromatic rings. The third kappa shape index (κ3) is 1.61. The highest BCUT2D eigenvalue weighted by molar-refractivity contribution is 7.12. The second-order valence-electron chi connectivity index (χ2n) is 4.55. The van der Waals surface area contributed by atoms with Crippen molar-refractivity contribution in [1.82, 2.24) is 4.98 Å². The number of rotatable bonds is 1. The summed E-state index contributed by atoms with van der Waals surface area (Å²) in [6, 6.07) is 0. The molecule has 1 fully saturated rings. The van der Waals surface area contributed by atoms with E-state index in [9.17, 15) is 0 Å². The van der Waals surface area contributed by atoms with Crippen LogP contribution in [0.3, 0.4) is 0 Å². The summed E-state index contributed by atoms with van der Waals surface area (Å²) in [6.07, 6.45) is 5.68. The molecule has 2 N–H and O–H groups in total. The molecular weight excluding hydrogens is 208 g/mol. The average molecular weight is 224 g/mol. The van der Waals surface area contributed by atoms with Gasteiger partial charge in [0.2, 0.25) is 0 Å².